The van der Waals surface area contributed by atoms with Crippen LogP contribution in [0.1, 0.15) is 24.8 Å². The maximum absolute atomic E-state index is 4.59. The van der Waals surface area contributed by atoms with Gasteiger partial charge in [-0.2, -0.15) is 0 Å². The highest BCUT2D eigenvalue weighted by Gasteiger charge is 2.38. The molecule has 0 radical (unpaired) electrons. The average molecular weight is 318 g/mol. The lowest BCUT2D eigenvalue weighted by molar-refractivity contribution is 0.194. The van der Waals surface area contributed by atoms with E-state index in [2.05, 4.69) is 51.7 Å². The summed E-state index contributed by atoms with van der Waals surface area (Å²) in [5.41, 5.74) is 3.03. The number of benzene rings is 1. The van der Waals surface area contributed by atoms with Crippen molar-refractivity contribution in [2.24, 2.45) is 5.41 Å². The van der Waals surface area contributed by atoms with Gasteiger partial charge in [0, 0.05) is 24.7 Å². The number of pyridine rings is 1. The SMILES string of the molecule is Cl.c1ccc2ncc(CN3CCC4(CCNCC4)C3)cc2c1. The van der Waals surface area contributed by atoms with E-state index in [-0.39, 0.29) is 12.4 Å². The molecule has 118 valence electrons. The molecule has 2 aliphatic rings. The highest BCUT2D eigenvalue weighted by Crippen LogP contribution is 2.39. The molecule has 0 amide bonds. The van der Waals surface area contributed by atoms with E-state index in [1.54, 1.807) is 0 Å². The largest absolute Gasteiger partial charge is 0.317 e. The van der Waals surface area contributed by atoms with Crippen molar-refractivity contribution in [2.75, 3.05) is 26.2 Å². The van der Waals surface area contributed by atoms with Crippen LogP contribution in [0.15, 0.2) is 36.5 Å². The van der Waals surface area contributed by atoms with E-state index in [1.165, 1.54) is 56.4 Å². The first-order valence-electron chi connectivity index (χ1n) is 8.10. The minimum Gasteiger partial charge on any atom is -0.317 e. The zero-order chi connectivity index (χ0) is 14.1. The predicted octanol–water partition coefficient (Wildman–Crippen LogP) is 3.23. The zero-order valence-corrected chi connectivity index (χ0v) is 13.7. The van der Waals surface area contributed by atoms with Crippen LogP contribution in [0.3, 0.4) is 0 Å². The monoisotopic (exact) mass is 317 g/mol. The van der Waals surface area contributed by atoms with Crippen molar-refractivity contribution in [1.29, 1.82) is 0 Å². The lowest BCUT2D eigenvalue weighted by Crippen LogP contribution is -2.38. The van der Waals surface area contributed by atoms with Crippen molar-refractivity contribution in [3.63, 3.8) is 0 Å². The Morgan fingerprint density at radius 2 is 1.95 bits per heavy atom. The summed E-state index contributed by atoms with van der Waals surface area (Å²) >= 11 is 0. The first kappa shape index (κ1) is 15.7. The van der Waals surface area contributed by atoms with Crippen LogP contribution in [0.2, 0.25) is 0 Å². The fourth-order valence-corrected chi connectivity index (χ4v) is 3.99. The Balaban J connectivity index is 0.00000144. The molecule has 22 heavy (non-hydrogen) atoms. The Hall–Kier alpha value is -1.16. The summed E-state index contributed by atoms with van der Waals surface area (Å²) in [4.78, 5) is 7.21. The molecule has 2 aliphatic heterocycles. The minimum atomic E-state index is 0. The quantitative estimate of drug-likeness (QED) is 0.921. The van der Waals surface area contributed by atoms with Crippen molar-refractivity contribution in [3.8, 4) is 0 Å². The zero-order valence-electron chi connectivity index (χ0n) is 12.9. The first-order chi connectivity index (χ1) is 10.3. The van der Waals surface area contributed by atoms with Crippen molar-refractivity contribution in [3.05, 3.63) is 42.1 Å². The smallest absolute Gasteiger partial charge is 0.0702 e. The molecule has 4 heteroatoms. The third-order valence-corrected chi connectivity index (χ3v) is 5.23. The van der Waals surface area contributed by atoms with Gasteiger partial charge in [0.25, 0.3) is 0 Å². The third-order valence-electron chi connectivity index (χ3n) is 5.23. The number of nitrogens with one attached hydrogen (secondary N) is 1. The molecule has 0 atom stereocenters. The number of hydrogen-bond donors (Lipinski definition) is 1. The van der Waals surface area contributed by atoms with E-state index in [0.717, 1.165) is 12.1 Å². The topological polar surface area (TPSA) is 28.2 Å². The number of likely N-dealkylation sites (tertiary alicyclic amines) is 1. The molecule has 3 nitrogen and oxygen atoms in total. The van der Waals surface area contributed by atoms with Gasteiger partial charge in [-0.05, 0) is 62.0 Å². The maximum Gasteiger partial charge on any atom is 0.0702 e. The normalized spacial score (nSPS) is 21.1. The molecule has 0 unspecified atom stereocenters. The highest BCUT2D eigenvalue weighted by molar-refractivity contribution is 5.85. The number of para-hydroxylation sites is 1. The highest BCUT2D eigenvalue weighted by atomic mass is 35.5. The van der Waals surface area contributed by atoms with Crippen LogP contribution in [0.5, 0.6) is 0 Å². The molecule has 1 aromatic carbocycles. The molecule has 2 saturated heterocycles. The molecule has 2 fully saturated rings. The van der Waals surface area contributed by atoms with E-state index in [1.807, 2.05) is 0 Å². The Morgan fingerprint density at radius 3 is 2.82 bits per heavy atom. The van der Waals surface area contributed by atoms with Gasteiger partial charge in [-0.1, -0.05) is 18.2 Å². The molecule has 3 heterocycles. The van der Waals surface area contributed by atoms with Gasteiger partial charge in [-0.25, -0.2) is 0 Å². The molecule has 1 N–H and O–H groups in total. The van der Waals surface area contributed by atoms with E-state index >= 15 is 0 Å². The van der Waals surface area contributed by atoms with Crippen LogP contribution in [-0.4, -0.2) is 36.1 Å². The number of piperidine rings is 1. The number of fused-ring (bicyclic) bond motifs is 1. The second-order valence-corrected chi connectivity index (χ2v) is 6.75. The number of rotatable bonds is 2. The summed E-state index contributed by atoms with van der Waals surface area (Å²) in [6.07, 6.45) is 6.12. The average Bonchev–Trinajstić information content (AvgIpc) is 2.90. The molecule has 1 spiro atoms. The first-order valence-corrected chi connectivity index (χ1v) is 8.10. The summed E-state index contributed by atoms with van der Waals surface area (Å²) in [5, 5.41) is 4.75. The lowest BCUT2D eigenvalue weighted by Gasteiger charge is -2.33. The third kappa shape index (κ3) is 3.12. The minimum absolute atomic E-state index is 0. The van der Waals surface area contributed by atoms with Gasteiger partial charge in [0.15, 0.2) is 0 Å². The van der Waals surface area contributed by atoms with Gasteiger partial charge in [-0.15, -0.1) is 12.4 Å². The predicted molar refractivity (Wildman–Crippen MR) is 93.4 cm³/mol. The van der Waals surface area contributed by atoms with Crippen molar-refractivity contribution in [2.45, 2.75) is 25.8 Å². The fourth-order valence-electron chi connectivity index (χ4n) is 3.99. The maximum atomic E-state index is 4.59. The van der Waals surface area contributed by atoms with Crippen LogP contribution < -0.4 is 5.32 Å². The molecule has 1 aromatic heterocycles. The van der Waals surface area contributed by atoms with E-state index in [0.29, 0.717) is 5.41 Å². The van der Waals surface area contributed by atoms with Crippen molar-refractivity contribution in [1.82, 2.24) is 15.2 Å². The lowest BCUT2D eigenvalue weighted by atomic mass is 9.78. The van der Waals surface area contributed by atoms with Gasteiger partial charge in [0.05, 0.1) is 5.52 Å². The molecule has 0 bridgehead atoms. The van der Waals surface area contributed by atoms with Crippen LogP contribution >= 0.6 is 12.4 Å². The van der Waals surface area contributed by atoms with Gasteiger partial charge >= 0.3 is 0 Å². The second-order valence-electron chi connectivity index (χ2n) is 6.75. The number of hydrogen-bond acceptors (Lipinski definition) is 3. The van der Waals surface area contributed by atoms with E-state index in [9.17, 15) is 0 Å². The van der Waals surface area contributed by atoms with E-state index in [4.69, 9.17) is 0 Å². The number of nitrogens with zero attached hydrogens (tertiary/aromatic N) is 2. The Bertz CT molecular complexity index is 637. The molecule has 0 aliphatic carbocycles. The number of aromatic nitrogens is 1. The van der Waals surface area contributed by atoms with Crippen molar-refractivity contribution < 1.29 is 0 Å². The molecule has 0 saturated carbocycles. The summed E-state index contributed by atoms with van der Waals surface area (Å²) in [6.45, 7) is 5.96. The summed E-state index contributed by atoms with van der Waals surface area (Å²) in [6, 6.07) is 10.7. The van der Waals surface area contributed by atoms with Gasteiger partial charge in [0.1, 0.15) is 0 Å². The molecule has 2 aromatic rings. The van der Waals surface area contributed by atoms with Gasteiger partial charge in [0.2, 0.25) is 0 Å². The molecular formula is C18H24ClN3. The number of halogens is 1. The Kier molecular flexibility index (Phi) is 4.67. The molecular weight excluding hydrogens is 294 g/mol. The van der Waals surface area contributed by atoms with Crippen LogP contribution in [0, 0.1) is 5.41 Å². The van der Waals surface area contributed by atoms with Crippen LogP contribution in [0.4, 0.5) is 0 Å². The molecule has 4 rings (SSSR count). The van der Waals surface area contributed by atoms with Crippen LogP contribution in [-0.2, 0) is 6.54 Å². The van der Waals surface area contributed by atoms with Crippen LogP contribution in [0.25, 0.3) is 10.9 Å². The van der Waals surface area contributed by atoms with Gasteiger partial charge in [-0.3, -0.25) is 9.88 Å². The summed E-state index contributed by atoms with van der Waals surface area (Å²) < 4.78 is 0. The second kappa shape index (κ2) is 6.53. The standard InChI is InChI=1S/C18H23N3.ClH/c1-2-4-17-16(3-1)11-15(12-20-17)13-21-10-7-18(14-21)5-8-19-9-6-18;/h1-4,11-12,19H,5-10,13-14H2;1H. The van der Waals surface area contributed by atoms with E-state index < -0.39 is 0 Å². The van der Waals surface area contributed by atoms with Crippen molar-refractivity contribution >= 4 is 23.3 Å². The Labute approximate surface area is 138 Å². The Morgan fingerprint density at radius 1 is 1.14 bits per heavy atom. The summed E-state index contributed by atoms with van der Waals surface area (Å²) in [7, 11) is 0. The summed E-state index contributed by atoms with van der Waals surface area (Å²) in [5.74, 6) is 0. The van der Waals surface area contributed by atoms with Gasteiger partial charge < -0.3 is 5.32 Å². The fraction of sp³-hybridized carbons (Fsp3) is 0.500.